The predicted octanol–water partition coefficient (Wildman–Crippen LogP) is 0.243. The molecule has 0 bridgehead atoms. The van der Waals surface area contributed by atoms with Crippen molar-refractivity contribution in [1.82, 2.24) is 4.98 Å². The second-order valence-corrected chi connectivity index (χ2v) is 3.66. The Morgan fingerprint density at radius 1 is 1.65 bits per heavy atom. The number of pyridine rings is 1. The number of hydrogen-bond donors (Lipinski definition) is 1. The molecule has 0 amide bonds. The van der Waals surface area contributed by atoms with E-state index in [9.17, 15) is 4.79 Å². The summed E-state index contributed by atoms with van der Waals surface area (Å²) in [5, 5.41) is 17.5. The summed E-state index contributed by atoms with van der Waals surface area (Å²) in [7, 11) is 0. The summed E-state index contributed by atoms with van der Waals surface area (Å²) in [6.07, 6.45) is 0.766. The molecular formula is C11H11N3O3. The van der Waals surface area contributed by atoms with Crippen LogP contribution < -0.4 is 4.90 Å². The highest BCUT2D eigenvalue weighted by atomic mass is 16.5. The third kappa shape index (κ3) is 2.52. The van der Waals surface area contributed by atoms with Gasteiger partial charge in [-0.3, -0.25) is 0 Å². The van der Waals surface area contributed by atoms with Crippen LogP contribution in [0.4, 0.5) is 5.69 Å². The van der Waals surface area contributed by atoms with E-state index in [0.717, 1.165) is 5.69 Å². The third-order valence-corrected chi connectivity index (χ3v) is 2.57. The van der Waals surface area contributed by atoms with Gasteiger partial charge in [-0.05, 0) is 12.1 Å². The van der Waals surface area contributed by atoms with Crippen LogP contribution in [-0.4, -0.2) is 41.9 Å². The Hall–Kier alpha value is -2.13. The number of ether oxygens (including phenoxy) is 1. The third-order valence-electron chi connectivity index (χ3n) is 2.57. The number of anilines is 1. The molecule has 0 aromatic carbocycles. The van der Waals surface area contributed by atoms with Gasteiger partial charge >= 0.3 is 5.97 Å². The minimum atomic E-state index is -0.962. The molecular weight excluding hydrogens is 222 g/mol. The van der Waals surface area contributed by atoms with Crippen LogP contribution in [0, 0.1) is 11.3 Å². The molecule has 6 heteroatoms. The highest BCUT2D eigenvalue weighted by molar-refractivity contribution is 5.73. The maximum atomic E-state index is 10.8. The lowest BCUT2D eigenvalue weighted by Crippen LogP contribution is -2.46. The predicted molar refractivity (Wildman–Crippen MR) is 58.5 cm³/mol. The summed E-state index contributed by atoms with van der Waals surface area (Å²) in [6, 6.07) is 5.31. The summed E-state index contributed by atoms with van der Waals surface area (Å²) in [5.74, 6) is -0.962. The second-order valence-electron chi connectivity index (χ2n) is 3.66. The van der Waals surface area contributed by atoms with Crippen molar-refractivity contribution < 1.29 is 14.6 Å². The second kappa shape index (κ2) is 4.80. The van der Waals surface area contributed by atoms with E-state index in [2.05, 4.69) is 4.98 Å². The number of carboxylic acids is 1. The molecule has 0 spiro atoms. The van der Waals surface area contributed by atoms with Gasteiger partial charge in [0.2, 0.25) is 0 Å². The van der Waals surface area contributed by atoms with E-state index in [1.807, 2.05) is 11.0 Å². The SMILES string of the molecule is N#Cc1ccc(N2CCOC(C(=O)O)C2)cn1. The Morgan fingerprint density at radius 3 is 3.06 bits per heavy atom. The Bertz CT molecular complexity index is 452. The number of aromatic nitrogens is 1. The van der Waals surface area contributed by atoms with Gasteiger partial charge in [-0.25, -0.2) is 9.78 Å². The van der Waals surface area contributed by atoms with Gasteiger partial charge in [-0.15, -0.1) is 0 Å². The fraction of sp³-hybridized carbons (Fsp3) is 0.364. The molecule has 1 aromatic heterocycles. The van der Waals surface area contributed by atoms with Crippen molar-refractivity contribution in [2.75, 3.05) is 24.6 Å². The maximum absolute atomic E-state index is 10.8. The van der Waals surface area contributed by atoms with Gasteiger partial charge in [0, 0.05) is 6.54 Å². The van der Waals surface area contributed by atoms with Gasteiger partial charge in [-0.1, -0.05) is 0 Å². The molecule has 1 unspecified atom stereocenters. The fourth-order valence-electron chi connectivity index (χ4n) is 1.67. The molecule has 2 rings (SSSR count). The molecule has 1 fully saturated rings. The molecule has 1 aromatic rings. The lowest BCUT2D eigenvalue weighted by molar-refractivity contribution is -0.150. The molecule has 6 nitrogen and oxygen atoms in total. The van der Waals surface area contributed by atoms with E-state index in [0.29, 0.717) is 25.4 Å². The number of morpholine rings is 1. The van der Waals surface area contributed by atoms with Gasteiger partial charge in [0.25, 0.3) is 0 Å². The zero-order valence-electron chi connectivity index (χ0n) is 9.04. The summed E-state index contributed by atoms with van der Waals surface area (Å²) in [4.78, 5) is 16.7. The van der Waals surface area contributed by atoms with Crippen molar-refractivity contribution in [2.24, 2.45) is 0 Å². The Labute approximate surface area is 98.1 Å². The van der Waals surface area contributed by atoms with E-state index in [-0.39, 0.29) is 0 Å². The molecule has 1 aliphatic heterocycles. The van der Waals surface area contributed by atoms with E-state index in [1.165, 1.54) is 0 Å². The van der Waals surface area contributed by atoms with Crippen LogP contribution in [0.25, 0.3) is 0 Å². The quantitative estimate of drug-likeness (QED) is 0.787. The average molecular weight is 233 g/mol. The maximum Gasteiger partial charge on any atom is 0.334 e. The Kier molecular flexibility index (Phi) is 3.21. The Balaban J connectivity index is 2.11. The van der Waals surface area contributed by atoms with Crippen LogP contribution >= 0.6 is 0 Å². The smallest absolute Gasteiger partial charge is 0.334 e. The molecule has 1 aliphatic rings. The van der Waals surface area contributed by atoms with Crippen LogP contribution in [0.2, 0.25) is 0 Å². The van der Waals surface area contributed by atoms with Gasteiger partial charge in [0.15, 0.2) is 6.10 Å². The van der Waals surface area contributed by atoms with Crippen LogP contribution in [0.5, 0.6) is 0 Å². The van der Waals surface area contributed by atoms with Crippen LogP contribution in [0.1, 0.15) is 5.69 Å². The molecule has 17 heavy (non-hydrogen) atoms. The molecule has 0 aliphatic carbocycles. The minimum absolute atomic E-state index is 0.295. The van der Waals surface area contributed by atoms with Crippen molar-refractivity contribution in [2.45, 2.75) is 6.10 Å². The van der Waals surface area contributed by atoms with E-state index < -0.39 is 12.1 Å². The lowest BCUT2D eigenvalue weighted by atomic mass is 10.2. The fourth-order valence-corrected chi connectivity index (χ4v) is 1.67. The minimum Gasteiger partial charge on any atom is -0.479 e. The van der Waals surface area contributed by atoms with Crippen molar-refractivity contribution in [3.05, 3.63) is 24.0 Å². The van der Waals surface area contributed by atoms with Crippen molar-refractivity contribution >= 4 is 11.7 Å². The van der Waals surface area contributed by atoms with Gasteiger partial charge in [0.1, 0.15) is 11.8 Å². The lowest BCUT2D eigenvalue weighted by Gasteiger charge is -2.32. The molecule has 88 valence electrons. The molecule has 2 heterocycles. The van der Waals surface area contributed by atoms with Gasteiger partial charge in [-0.2, -0.15) is 5.26 Å². The first-order valence-corrected chi connectivity index (χ1v) is 5.16. The molecule has 0 radical (unpaired) electrons. The summed E-state index contributed by atoms with van der Waals surface area (Å²) in [5.41, 5.74) is 1.15. The highest BCUT2D eigenvalue weighted by Gasteiger charge is 2.26. The summed E-state index contributed by atoms with van der Waals surface area (Å²) in [6.45, 7) is 1.29. The number of carboxylic acid groups (broad SMARTS) is 1. The summed E-state index contributed by atoms with van der Waals surface area (Å²) >= 11 is 0. The highest BCUT2D eigenvalue weighted by Crippen LogP contribution is 2.16. The zero-order valence-corrected chi connectivity index (χ0v) is 9.04. The van der Waals surface area contributed by atoms with E-state index in [1.54, 1.807) is 18.3 Å². The molecule has 1 saturated heterocycles. The monoisotopic (exact) mass is 233 g/mol. The standard InChI is InChI=1S/C11H11N3O3/c12-5-8-1-2-9(6-13-8)14-3-4-17-10(7-14)11(15)16/h1-2,6,10H,3-4,7H2,(H,15,16). The number of nitrogens with zero attached hydrogens (tertiary/aromatic N) is 3. The van der Waals surface area contributed by atoms with Crippen molar-refractivity contribution in [3.8, 4) is 6.07 Å². The number of hydrogen-bond acceptors (Lipinski definition) is 5. The largest absolute Gasteiger partial charge is 0.479 e. The topological polar surface area (TPSA) is 86.5 Å². The first-order valence-electron chi connectivity index (χ1n) is 5.16. The normalized spacial score (nSPS) is 19.7. The number of nitriles is 1. The van der Waals surface area contributed by atoms with Gasteiger partial charge in [0.05, 0.1) is 25.0 Å². The first-order chi connectivity index (χ1) is 8.20. The number of rotatable bonds is 2. The van der Waals surface area contributed by atoms with E-state index >= 15 is 0 Å². The average Bonchev–Trinajstić information content (AvgIpc) is 2.39. The summed E-state index contributed by atoms with van der Waals surface area (Å²) < 4.78 is 5.12. The van der Waals surface area contributed by atoms with Gasteiger partial charge < -0.3 is 14.7 Å². The van der Waals surface area contributed by atoms with Crippen LogP contribution in [0.3, 0.4) is 0 Å². The zero-order chi connectivity index (χ0) is 12.3. The van der Waals surface area contributed by atoms with Crippen molar-refractivity contribution in [3.63, 3.8) is 0 Å². The Morgan fingerprint density at radius 2 is 2.47 bits per heavy atom. The molecule has 0 saturated carbocycles. The van der Waals surface area contributed by atoms with Crippen LogP contribution in [0.15, 0.2) is 18.3 Å². The molecule has 1 N–H and O–H groups in total. The van der Waals surface area contributed by atoms with E-state index in [4.69, 9.17) is 15.1 Å². The number of carbonyl (C=O) groups is 1. The first kappa shape index (κ1) is 11.4. The van der Waals surface area contributed by atoms with Crippen LogP contribution in [-0.2, 0) is 9.53 Å². The molecule has 1 atom stereocenters. The number of aliphatic carboxylic acids is 1. The van der Waals surface area contributed by atoms with Crippen molar-refractivity contribution in [1.29, 1.82) is 5.26 Å².